The zero-order chi connectivity index (χ0) is 16.8. The molecule has 0 atom stereocenters. The van der Waals surface area contributed by atoms with Crippen LogP contribution in [0.3, 0.4) is 0 Å². The molecular weight excluding hydrogens is 337 g/mol. The highest BCUT2D eigenvalue weighted by Crippen LogP contribution is 2.23. The Morgan fingerprint density at radius 1 is 1.26 bits per heavy atom. The molecule has 0 heterocycles. The van der Waals surface area contributed by atoms with Crippen molar-refractivity contribution in [3.8, 4) is 5.75 Å². The Morgan fingerprint density at radius 3 is 2.57 bits per heavy atom. The van der Waals surface area contributed by atoms with Gasteiger partial charge in [-0.15, -0.1) is 11.8 Å². The van der Waals surface area contributed by atoms with Crippen LogP contribution >= 0.6 is 23.4 Å². The second kappa shape index (κ2) is 8.22. The molecule has 0 saturated heterocycles. The number of hydrogen-bond acceptors (Lipinski definition) is 3. The number of benzene rings is 2. The lowest BCUT2D eigenvalue weighted by Gasteiger charge is -2.18. The first-order chi connectivity index (χ1) is 11.0. The summed E-state index contributed by atoms with van der Waals surface area (Å²) >= 11 is 7.41. The smallest absolute Gasteiger partial charge is 0.232 e. The molecule has 0 unspecified atom stereocenters. The zero-order valence-corrected chi connectivity index (χ0v) is 14.5. The highest BCUT2D eigenvalue weighted by Gasteiger charge is 2.14. The van der Waals surface area contributed by atoms with Crippen LogP contribution in [0, 0.1) is 5.82 Å². The molecule has 6 heteroatoms. The van der Waals surface area contributed by atoms with Crippen molar-refractivity contribution >= 4 is 29.3 Å². The SMILES string of the molecule is COc1ccc(SCC(=O)N(C)Cc2c(F)cccc2Cl)cc1. The van der Waals surface area contributed by atoms with Gasteiger partial charge >= 0.3 is 0 Å². The summed E-state index contributed by atoms with van der Waals surface area (Å²) in [4.78, 5) is 14.6. The second-order valence-corrected chi connectivity index (χ2v) is 6.37. The predicted molar refractivity (Wildman–Crippen MR) is 91.6 cm³/mol. The first kappa shape index (κ1) is 17.6. The number of carbonyl (C=O) groups is 1. The third-order valence-electron chi connectivity index (χ3n) is 3.30. The van der Waals surface area contributed by atoms with E-state index in [0.717, 1.165) is 10.6 Å². The van der Waals surface area contributed by atoms with Crippen molar-refractivity contribution in [2.45, 2.75) is 11.4 Å². The Bertz CT molecular complexity index is 659. The van der Waals surface area contributed by atoms with E-state index in [2.05, 4.69) is 0 Å². The van der Waals surface area contributed by atoms with Crippen LogP contribution in [0.4, 0.5) is 4.39 Å². The van der Waals surface area contributed by atoms with Crippen LogP contribution in [-0.2, 0) is 11.3 Å². The lowest BCUT2D eigenvalue weighted by Crippen LogP contribution is -2.28. The summed E-state index contributed by atoms with van der Waals surface area (Å²) in [6, 6.07) is 12.0. The Balaban J connectivity index is 1.92. The summed E-state index contributed by atoms with van der Waals surface area (Å²) in [5.41, 5.74) is 0.333. The molecule has 0 aromatic heterocycles. The van der Waals surface area contributed by atoms with E-state index in [0.29, 0.717) is 10.6 Å². The molecule has 3 nitrogen and oxygen atoms in total. The molecule has 0 radical (unpaired) electrons. The van der Waals surface area contributed by atoms with Gasteiger partial charge in [0.1, 0.15) is 11.6 Å². The molecule has 2 aromatic rings. The van der Waals surface area contributed by atoms with Gasteiger partial charge in [0.25, 0.3) is 0 Å². The predicted octanol–water partition coefficient (Wildman–Crippen LogP) is 4.24. The number of thioether (sulfide) groups is 1. The minimum atomic E-state index is -0.403. The van der Waals surface area contributed by atoms with E-state index >= 15 is 0 Å². The van der Waals surface area contributed by atoms with Crippen LogP contribution in [-0.4, -0.2) is 30.7 Å². The number of carbonyl (C=O) groups excluding carboxylic acids is 1. The van der Waals surface area contributed by atoms with Crippen molar-refractivity contribution in [3.05, 3.63) is 58.9 Å². The van der Waals surface area contributed by atoms with Gasteiger partial charge in [0.15, 0.2) is 0 Å². The second-order valence-electron chi connectivity index (χ2n) is 4.91. The lowest BCUT2D eigenvalue weighted by molar-refractivity contribution is -0.127. The summed E-state index contributed by atoms with van der Waals surface area (Å²) in [7, 11) is 3.24. The molecule has 0 saturated carbocycles. The van der Waals surface area contributed by atoms with Crippen molar-refractivity contribution in [1.82, 2.24) is 4.90 Å². The molecule has 0 N–H and O–H groups in total. The van der Waals surface area contributed by atoms with Crippen molar-refractivity contribution in [3.63, 3.8) is 0 Å². The molecule has 2 rings (SSSR count). The Labute approximate surface area is 144 Å². The minimum absolute atomic E-state index is 0.0925. The summed E-state index contributed by atoms with van der Waals surface area (Å²) in [5, 5.41) is 0.326. The first-order valence-corrected chi connectivity index (χ1v) is 8.31. The van der Waals surface area contributed by atoms with Crippen molar-refractivity contribution < 1.29 is 13.9 Å². The van der Waals surface area contributed by atoms with Crippen LogP contribution in [0.25, 0.3) is 0 Å². The van der Waals surface area contributed by atoms with Crippen molar-refractivity contribution in [2.24, 2.45) is 0 Å². The molecule has 0 fully saturated rings. The first-order valence-electron chi connectivity index (χ1n) is 6.95. The van der Waals surface area contributed by atoms with Gasteiger partial charge in [-0.25, -0.2) is 4.39 Å². The monoisotopic (exact) mass is 353 g/mol. The fourth-order valence-electron chi connectivity index (χ4n) is 1.94. The van der Waals surface area contributed by atoms with Gasteiger partial charge in [-0.3, -0.25) is 4.79 Å². The number of ether oxygens (including phenoxy) is 1. The molecule has 0 bridgehead atoms. The number of halogens is 2. The molecule has 0 aliphatic carbocycles. The van der Waals surface area contributed by atoms with E-state index in [1.165, 1.54) is 22.7 Å². The molecule has 0 aliphatic heterocycles. The van der Waals surface area contributed by atoms with Gasteiger partial charge in [0.05, 0.1) is 12.9 Å². The van der Waals surface area contributed by atoms with E-state index in [1.807, 2.05) is 24.3 Å². The van der Waals surface area contributed by atoms with Gasteiger partial charge in [-0.1, -0.05) is 17.7 Å². The summed E-state index contributed by atoms with van der Waals surface area (Å²) < 4.78 is 18.8. The summed E-state index contributed by atoms with van der Waals surface area (Å²) in [6.07, 6.45) is 0. The van der Waals surface area contributed by atoms with Crippen LogP contribution in [0.2, 0.25) is 5.02 Å². The third-order valence-corrected chi connectivity index (χ3v) is 4.66. The molecule has 2 aromatic carbocycles. The topological polar surface area (TPSA) is 29.5 Å². The maximum Gasteiger partial charge on any atom is 0.232 e. The number of nitrogens with zero attached hydrogens (tertiary/aromatic N) is 1. The van der Waals surface area contributed by atoms with E-state index < -0.39 is 5.82 Å². The molecule has 0 aliphatic rings. The fraction of sp³-hybridized carbons (Fsp3) is 0.235. The van der Waals surface area contributed by atoms with E-state index in [9.17, 15) is 9.18 Å². The van der Waals surface area contributed by atoms with Crippen LogP contribution in [0.1, 0.15) is 5.56 Å². The Morgan fingerprint density at radius 2 is 1.96 bits per heavy atom. The fourth-order valence-corrected chi connectivity index (χ4v) is 3.00. The molecule has 23 heavy (non-hydrogen) atoms. The van der Waals surface area contributed by atoms with Gasteiger partial charge in [-0.05, 0) is 36.4 Å². The number of amides is 1. The van der Waals surface area contributed by atoms with Gasteiger partial charge in [0, 0.05) is 29.1 Å². The molecular formula is C17H17ClFNO2S. The average Bonchev–Trinajstić information content (AvgIpc) is 2.56. The number of methoxy groups -OCH3 is 1. The normalized spacial score (nSPS) is 10.4. The quantitative estimate of drug-likeness (QED) is 0.727. The number of hydrogen-bond donors (Lipinski definition) is 0. The van der Waals surface area contributed by atoms with Gasteiger partial charge < -0.3 is 9.64 Å². The van der Waals surface area contributed by atoms with Gasteiger partial charge in [-0.2, -0.15) is 0 Å². The van der Waals surface area contributed by atoms with E-state index in [4.69, 9.17) is 16.3 Å². The largest absolute Gasteiger partial charge is 0.497 e. The average molecular weight is 354 g/mol. The third kappa shape index (κ3) is 4.88. The molecule has 0 spiro atoms. The van der Waals surface area contributed by atoms with Crippen LogP contribution in [0.15, 0.2) is 47.4 Å². The van der Waals surface area contributed by atoms with Crippen molar-refractivity contribution in [2.75, 3.05) is 19.9 Å². The highest BCUT2D eigenvalue weighted by molar-refractivity contribution is 8.00. The maximum atomic E-state index is 13.8. The van der Waals surface area contributed by atoms with Crippen LogP contribution in [0.5, 0.6) is 5.75 Å². The summed E-state index contributed by atoms with van der Waals surface area (Å²) in [5.74, 6) is 0.548. The van der Waals surface area contributed by atoms with E-state index in [-0.39, 0.29) is 18.2 Å². The van der Waals surface area contributed by atoms with Crippen molar-refractivity contribution in [1.29, 1.82) is 0 Å². The number of rotatable bonds is 6. The standard InChI is InChI=1S/C17H17ClFNO2S/c1-20(10-14-15(18)4-3-5-16(14)19)17(21)11-23-13-8-6-12(22-2)7-9-13/h3-9H,10-11H2,1-2H3. The minimum Gasteiger partial charge on any atom is -0.497 e. The highest BCUT2D eigenvalue weighted by atomic mass is 35.5. The lowest BCUT2D eigenvalue weighted by atomic mass is 10.2. The summed E-state index contributed by atoms with van der Waals surface area (Å²) in [6.45, 7) is 0.146. The maximum absolute atomic E-state index is 13.8. The molecule has 122 valence electrons. The molecule has 1 amide bonds. The Hall–Kier alpha value is -1.72. The van der Waals surface area contributed by atoms with E-state index in [1.54, 1.807) is 26.3 Å². The van der Waals surface area contributed by atoms with Crippen LogP contribution < -0.4 is 4.74 Å². The zero-order valence-electron chi connectivity index (χ0n) is 12.9. The Kier molecular flexibility index (Phi) is 6.30. The van der Waals surface area contributed by atoms with Gasteiger partial charge in [0.2, 0.25) is 5.91 Å².